The lowest BCUT2D eigenvalue weighted by Crippen LogP contribution is -2.22. The Morgan fingerprint density at radius 1 is 1.12 bits per heavy atom. The van der Waals surface area contributed by atoms with Crippen LogP contribution in [0.3, 0.4) is 0 Å². The van der Waals surface area contributed by atoms with Crippen LogP contribution in [0.1, 0.15) is 44.9 Å². The van der Waals surface area contributed by atoms with Gasteiger partial charge in [0.25, 0.3) is 5.91 Å². The number of pyridine rings is 1. The first-order valence-corrected chi connectivity index (χ1v) is 11.5. The van der Waals surface area contributed by atoms with Gasteiger partial charge in [-0.1, -0.05) is 12.1 Å². The molecule has 4 N–H and O–H groups in total. The molecule has 6 nitrogen and oxygen atoms in total. The lowest BCUT2D eigenvalue weighted by Gasteiger charge is -2.23. The van der Waals surface area contributed by atoms with Gasteiger partial charge < -0.3 is 16.5 Å². The SMILES string of the molecule is N=Cc1c(N)ccc2nc(-c3ccc(C(=O)NCc4nccs4)cc3)c3c(c12)CCCC3. The summed E-state index contributed by atoms with van der Waals surface area (Å²) < 4.78 is 0. The van der Waals surface area contributed by atoms with Gasteiger partial charge in [-0.25, -0.2) is 9.97 Å². The number of carbonyl (C=O) groups is 1. The molecule has 7 heteroatoms. The Morgan fingerprint density at radius 3 is 2.62 bits per heavy atom. The summed E-state index contributed by atoms with van der Waals surface area (Å²) in [6.07, 6.45) is 7.23. The molecule has 0 atom stereocenters. The first-order valence-electron chi connectivity index (χ1n) is 10.7. The van der Waals surface area contributed by atoms with E-state index in [0.717, 1.165) is 58.4 Å². The van der Waals surface area contributed by atoms with Crippen LogP contribution in [-0.4, -0.2) is 22.1 Å². The first kappa shape index (κ1) is 20.3. The Bertz CT molecular complexity index is 1310. The third kappa shape index (κ3) is 3.65. The molecule has 4 aromatic rings. The number of nitrogens with one attached hydrogen (secondary N) is 2. The number of nitrogens with zero attached hydrogens (tertiary/aromatic N) is 2. The van der Waals surface area contributed by atoms with Crippen molar-refractivity contribution in [3.05, 3.63) is 75.2 Å². The van der Waals surface area contributed by atoms with Crippen molar-refractivity contribution >= 4 is 40.0 Å². The highest BCUT2D eigenvalue weighted by atomic mass is 32.1. The highest BCUT2D eigenvalue weighted by Gasteiger charge is 2.21. The van der Waals surface area contributed by atoms with Gasteiger partial charge in [-0.05, 0) is 61.1 Å². The largest absolute Gasteiger partial charge is 0.398 e. The second kappa shape index (κ2) is 8.51. The van der Waals surface area contributed by atoms with Crippen LogP contribution in [0.15, 0.2) is 48.0 Å². The number of nitrogen functional groups attached to an aromatic ring is 1. The molecule has 0 saturated carbocycles. The number of rotatable bonds is 5. The van der Waals surface area contributed by atoms with Gasteiger partial charge in [-0.3, -0.25) is 4.79 Å². The van der Waals surface area contributed by atoms with E-state index in [9.17, 15) is 4.79 Å². The molecule has 0 unspecified atom stereocenters. The Labute approximate surface area is 190 Å². The molecule has 1 aliphatic rings. The lowest BCUT2D eigenvalue weighted by atomic mass is 9.85. The molecule has 2 aromatic heterocycles. The number of amides is 1. The monoisotopic (exact) mass is 441 g/mol. The average molecular weight is 442 g/mol. The van der Waals surface area contributed by atoms with Crippen molar-refractivity contribution in [2.45, 2.75) is 32.2 Å². The van der Waals surface area contributed by atoms with E-state index >= 15 is 0 Å². The van der Waals surface area contributed by atoms with Crippen molar-refractivity contribution in [2.24, 2.45) is 0 Å². The molecule has 0 saturated heterocycles. The Morgan fingerprint density at radius 2 is 1.91 bits per heavy atom. The molecule has 0 bridgehead atoms. The smallest absolute Gasteiger partial charge is 0.251 e. The van der Waals surface area contributed by atoms with Crippen LogP contribution in [0.25, 0.3) is 22.2 Å². The number of aryl methyl sites for hydroxylation is 1. The number of benzene rings is 2. The molecular formula is C25H23N5OS. The maximum Gasteiger partial charge on any atom is 0.251 e. The molecule has 1 aliphatic carbocycles. The number of aromatic nitrogens is 2. The van der Waals surface area contributed by atoms with Gasteiger partial charge in [-0.15, -0.1) is 11.3 Å². The van der Waals surface area contributed by atoms with Crippen LogP contribution in [0.5, 0.6) is 0 Å². The molecule has 0 aliphatic heterocycles. The number of hydrogen-bond acceptors (Lipinski definition) is 6. The van der Waals surface area contributed by atoms with Gasteiger partial charge in [0.2, 0.25) is 0 Å². The molecule has 5 rings (SSSR count). The number of thiazole rings is 1. The summed E-state index contributed by atoms with van der Waals surface area (Å²) in [7, 11) is 0. The summed E-state index contributed by atoms with van der Waals surface area (Å²) in [5.74, 6) is -0.119. The van der Waals surface area contributed by atoms with Crippen molar-refractivity contribution in [2.75, 3.05) is 5.73 Å². The second-order valence-electron chi connectivity index (χ2n) is 7.92. The molecular weight excluding hydrogens is 418 g/mol. The Balaban J connectivity index is 1.51. The second-order valence-corrected chi connectivity index (χ2v) is 8.90. The topological polar surface area (TPSA) is 105 Å². The lowest BCUT2D eigenvalue weighted by molar-refractivity contribution is 0.0951. The molecule has 32 heavy (non-hydrogen) atoms. The van der Waals surface area contributed by atoms with Gasteiger partial charge in [-0.2, -0.15) is 0 Å². The highest BCUT2D eigenvalue weighted by Crippen LogP contribution is 2.37. The van der Waals surface area contributed by atoms with E-state index in [1.165, 1.54) is 28.7 Å². The van der Waals surface area contributed by atoms with Crippen LogP contribution in [0.4, 0.5) is 5.69 Å². The van der Waals surface area contributed by atoms with Crippen molar-refractivity contribution in [1.82, 2.24) is 15.3 Å². The van der Waals surface area contributed by atoms with Crippen LogP contribution >= 0.6 is 11.3 Å². The van der Waals surface area contributed by atoms with Crippen LogP contribution in [-0.2, 0) is 19.4 Å². The predicted molar refractivity (Wildman–Crippen MR) is 129 cm³/mol. The summed E-state index contributed by atoms with van der Waals surface area (Å²) in [5, 5.41) is 14.6. The summed E-state index contributed by atoms with van der Waals surface area (Å²) in [5.41, 5.74) is 13.4. The predicted octanol–water partition coefficient (Wildman–Crippen LogP) is 4.75. The van der Waals surface area contributed by atoms with Crippen molar-refractivity contribution in [1.29, 1.82) is 5.41 Å². The van der Waals surface area contributed by atoms with Crippen molar-refractivity contribution in [3.63, 3.8) is 0 Å². The minimum Gasteiger partial charge on any atom is -0.398 e. The van der Waals surface area contributed by atoms with E-state index in [0.29, 0.717) is 17.8 Å². The van der Waals surface area contributed by atoms with Crippen LogP contribution in [0.2, 0.25) is 0 Å². The zero-order valence-corrected chi connectivity index (χ0v) is 18.3. The zero-order chi connectivity index (χ0) is 22.1. The van der Waals surface area contributed by atoms with E-state index in [-0.39, 0.29) is 5.91 Å². The Hall–Kier alpha value is -3.58. The summed E-state index contributed by atoms with van der Waals surface area (Å²) in [6, 6.07) is 11.4. The van der Waals surface area contributed by atoms with Gasteiger partial charge in [0.05, 0.1) is 17.8 Å². The van der Waals surface area contributed by atoms with E-state index in [4.69, 9.17) is 16.1 Å². The number of nitrogens with two attached hydrogens (primary N) is 1. The van der Waals surface area contributed by atoms with E-state index in [1.807, 2.05) is 41.8 Å². The van der Waals surface area contributed by atoms with Gasteiger partial charge in [0.15, 0.2) is 0 Å². The van der Waals surface area contributed by atoms with Crippen LogP contribution in [0, 0.1) is 5.41 Å². The Kier molecular flexibility index (Phi) is 5.41. The molecule has 2 aromatic carbocycles. The summed E-state index contributed by atoms with van der Waals surface area (Å²) in [4.78, 5) is 21.7. The zero-order valence-electron chi connectivity index (χ0n) is 17.5. The van der Waals surface area contributed by atoms with E-state index in [2.05, 4.69) is 10.3 Å². The maximum atomic E-state index is 12.5. The fraction of sp³-hybridized carbons (Fsp3) is 0.200. The molecule has 1 amide bonds. The quantitative estimate of drug-likeness (QED) is 0.307. The van der Waals surface area contributed by atoms with Crippen LogP contribution < -0.4 is 11.1 Å². The number of fused-ring (bicyclic) bond motifs is 3. The molecule has 2 heterocycles. The summed E-state index contributed by atoms with van der Waals surface area (Å²) in [6.45, 7) is 0.427. The molecule has 0 fully saturated rings. The number of carbonyl (C=O) groups excluding carboxylic acids is 1. The van der Waals surface area contributed by atoms with Gasteiger partial charge >= 0.3 is 0 Å². The number of hydrogen-bond donors (Lipinski definition) is 3. The highest BCUT2D eigenvalue weighted by molar-refractivity contribution is 7.09. The van der Waals surface area contributed by atoms with E-state index < -0.39 is 0 Å². The fourth-order valence-electron chi connectivity index (χ4n) is 4.44. The van der Waals surface area contributed by atoms with Gasteiger partial charge in [0.1, 0.15) is 5.01 Å². The average Bonchev–Trinajstić information content (AvgIpc) is 3.36. The first-order chi connectivity index (χ1) is 15.7. The molecule has 0 spiro atoms. The minimum atomic E-state index is -0.119. The third-order valence-electron chi connectivity index (χ3n) is 5.99. The van der Waals surface area contributed by atoms with E-state index in [1.54, 1.807) is 6.20 Å². The minimum absolute atomic E-state index is 0.119. The third-order valence-corrected chi connectivity index (χ3v) is 6.77. The maximum absolute atomic E-state index is 12.5. The standard InChI is InChI=1S/C25H23N5OS/c26-13-19-20(27)9-10-21-23(19)17-3-1-2-4-18(17)24(30-21)15-5-7-16(8-6-15)25(31)29-14-22-28-11-12-32-22/h5-13,26H,1-4,14,27H2,(H,29,31). The normalized spacial score (nSPS) is 13.0. The van der Waals surface area contributed by atoms with Gasteiger partial charge in [0, 0.05) is 45.6 Å². The molecule has 0 radical (unpaired) electrons. The number of anilines is 1. The summed E-state index contributed by atoms with van der Waals surface area (Å²) >= 11 is 1.52. The van der Waals surface area contributed by atoms with Crippen molar-refractivity contribution in [3.8, 4) is 11.3 Å². The fourth-order valence-corrected chi connectivity index (χ4v) is 4.99. The molecule has 160 valence electrons. The van der Waals surface area contributed by atoms with Crippen molar-refractivity contribution < 1.29 is 4.79 Å².